The monoisotopic (exact) mass is 507 g/mol. The van der Waals surface area contributed by atoms with Crippen molar-refractivity contribution < 1.29 is 24.2 Å². The Kier molecular flexibility index (Phi) is 9.85. The van der Waals surface area contributed by atoms with Gasteiger partial charge in [0.05, 0.1) is 36.1 Å². The lowest BCUT2D eigenvalue weighted by Gasteiger charge is -2.20. The highest BCUT2D eigenvalue weighted by molar-refractivity contribution is 6.06. The molecule has 0 saturated carbocycles. The molecule has 2 atom stereocenters. The second-order valence-electron chi connectivity index (χ2n) is 9.38. The molecule has 1 aliphatic rings. The second-order valence-corrected chi connectivity index (χ2v) is 9.38. The Morgan fingerprint density at radius 1 is 1.08 bits per heavy atom. The number of anilines is 2. The molecule has 198 valence electrons. The first-order chi connectivity index (χ1) is 17.7. The molecule has 1 heterocycles. The van der Waals surface area contributed by atoms with Gasteiger partial charge in [-0.2, -0.15) is 5.10 Å². The van der Waals surface area contributed by atoms with Gasteiger partial charge in [0.2, 0.25) is 0 Å². The molecule has 0 amide bonds. The number of carbonyl (C=O) groups is 2. The molecule has 0 aromatic heterocycles. The third kappa shape index (κ3) is 7.43. The number of aliphatic hydroxyl groups excluding tert-OH is 1. The van der Waals surface area contributed by atoms with E-state index in [1.165, 1.54) is 5.01 Å². The largest absolute Gasteiger partial charge is 0.465 e. The molecule has 0 radical (unpaired) electrons. The third-order valence-corrected chi connectivity index (χ3v) is 6.17. The van der Waals surface area contributed by atoms with Gasteiger partial charge < -0.3 is 19.5 Å². The van der Waals surface area contributed by atoms with Crippen LogP contribution in [0.5, 0.6) is 0 Å². The van der Waals surface area contributed by atoms with Gasteiger partial charge in [-0.1, -0.05) is 32.4 Å². The first-order valence-corrected chi connectivity index (χ1v) is 12.7. The van der Waals surface area contributed by atoms with E-state index in [0.717, 1.165) is 29.8 Å². The van der Waals surface area contributed by atoms with E-state index in [2.05, 4.69) is 5.10 Å². The van der Waals surface area contributed by atoms with Crippen molar-refractivity contribution in [2.45, 2.75) is 46.3 Å². The fourth-order valence-corrected chi connectivity index (χ4v) is 3.94. The molecule has 0 spiro atoms. The molecular weight excluding hydrogens is 470 g/mol. The van der Waals surface area contributed by atoms with Crippen LogP contribution in [-0.4, -0.2) is 56.3 Å². The molecule has 0 saturated heterocycles. The summed E-state index contributed by atoms with van der Waals surface area (Å²) in [5.41, 5.74) is 4.55. The van der Waals surface area contributed by atoms with Crippen LogP contribution in [0.1, 0.15) is 56.0 Å². The fourth-order valence-electron chi connectivity index (χ4n) is 3.94. The van der Waals surface area contributed by atoms with E-state index in [1.807, 2.05) is 70.1 Å². The summed E-state index contributed by atoms with van der Waals surface area (Å²) in [6, 6.07) is 14.8. The molecule has 0 bridgehead atoms. The Bertz CT molecular complexity index is 1120. The van der Waals surface area contributed by atoms with Crippen LogP contribution in [0.2, 0.25) is 0 Å². The van der Waals surface area contributed by atoms with E-state index in [0.29, 0.717) is 23.2 Å². The van der Waals surface area contributed by atoms with Crippen molar-refractivity contribution in [3.05, 3.63) is 65.2 Å². The molecular formula is C29H37N3O5. The number of carbonyl (C=O) groups excluding carboxylic acids is 2. The van der Waals surface area contributed by atoms with Crippen molar-refractivity contribution in [1.29, 1.82) is 0 Å². The summed E-state index contributed by atoms with van der Waals surface area (Å²) in [5.74, 6) is -0.791. The zero-order valence-electron chi connectivity index (χ0n) is 22.3. The molecule has 1 aliphatic heterocycles. The number of nitrogens with zero attached hydrogens (tertiary/aromatic N) is 3. The van der Waals surface area contributed by atoms with Crippen molar-refractivity contribution in [3.63, 3.8) is 0 Å². The van der Waals surface area contributed by atoms with E-state index in [-0.39, 0.29) is 25.1 Å². The minimum absolute atomic E-state index is 0.116. The first-order valence-electron chi connectivity index (χ1n) is 12.7. The molecule has 1 N–H and O–H groups in total. The summed E-state index contributed by atoms with van der Waals surface area (Å²) in [5, 5.41) is 17.0. The van der Waals surface area contributed by atoms with Gasteiger partial charge in [-0.05, 0) is 61.4 Å². The van der Waals surface area contributed by atoms with Crippen molar-refractivity contribution in [1.82, 2.24) is 0 Å². The highest BCUT2D eigenvalue weighted by atomic mass is 16.5. The Hall–Kier alpha value is -3.65. The van der Waals surface area contributed by atoms with Gasteiger partial charge in [-0.25, -0.2) is 9.80 Å². The minimum Gasteiger partial charge on any atom is -0.465 e. The number of hydrogen-bond acceptors (Lipinski definition) is 8. The van der Waals surface area contributed by atoms with E-state index in [4.69, 9.17) is 9.47 Å². The molecule has 2 aromatic rings. The van der Waals surface area contributed by atoms with Gasteiger partial charge in [0.15, 0.2) is 6.23 Å². The summed E-state index contributed by atoms with van der Waals surface area (Å²) < 4.78 is 10.5. The molecule has 2 aromatic carbocycles. The zero-order valence-corrected chi connectivity index (χ0v) is 22.3. The summed E-state index contributed by atoms with van der Waals surface area (Å²) in [6.45, 7) is 6.12. The fraction of sp³-hybridized carbons (Fsp3) is 0.414. The van der Waals surface area contributed by atoms with Gasteiger partial charge in [0.1, 0.15) is 0 Å². The van der Waals surface area contributed by atoms with Crippen molar-refractivity contribution in [3.8, 4) is 0 Å². The SMILES string of the molecule is CCCC(C)C(=O)OCCCOC(=O)c1ccc(N2N=C(C)/C(=C\c3ccc(N(C)C)cc3)C2O)cc1. The van der Waals surface area contributed by atoms with E-state index in [1.54, 1.807) is 24.3 Å². The van der Waals surface area contributed by atoms with Gasteiger partial charge >= 0.3 is 11.9 Å². The lowest BCUT2D eigenvalue weighted by molar-refractivity contribution is -0.148. The average molecular weight is 508 g/mol. The van der Waals surface area contributed by atoms with Gasteiger partial charge in [-0.15, -0.1) is 0 Å². The molecule has 0 fully saturated rings. The van der Waals surface area contributed by atoms with E-state index < -0.39 is 12.2 Å². The van der Waals surface area contributed by atoms with Crippen LogP contribution in [-0.2, 0) is 14.3 Å². The minimum atomic E-state index is -0.936. The van der Waals surface area contributed by atoms with Crippen LogP contribution in [0.4, 0.5) is 11.4 Å². The maximum absolute atomic E-state index is 12.4. The van der Waals surface area contributed by atoms with Crippen LogP contribution in [0, 0.1) is 5.92 Å². The normalized spacial score (nSPS) is 16.9. The number of benzene rings is 2. The summed E-state index contributed by atoms with van der Waals surface area (Å²) in [6.07, 6.45) is 3.16. The summed E-state index contributed by atoms with van der Waals surface area (Å²) in [7, 11) is 3.98. The van der Waals surface area contributed by atoms with Crippen LogP contribution in [0.25, 0.3) is 6.08 Å². The van der Waals surface area contributed by atoms with Crippen LogP contribution >= 0.6 is 0 Å². The van der Waals surface area contributed by atoms with Crippen LogP contribution < -0.4 is 9.91 Å². The Morgan fingerprint density at radius 2 is 1.73 bits per heavy atom. The topological polar surface area (TPSA) is 91.7 Å². The first kappa shape index (κ1) is 27.9. The van der Waals surface area contributed by atoms with E-state index in [9.17, 15) is 14.7 Å². The lowest BCUT2D eigenvalue weighted by atomic mass is 10.1. The predicted molar refractivity (Wildman–Crippen MR) is 147 cm³/mol. The molecule has 3 rings (SSSR count). The predicted octanol–water partition coefficient (Wildman–Crippen LogP) is 4.88. The van der Waals surface area contributed by atoms with Gasteiger partial charge in [0.25, 0.3) is 0 Å². The Morgan fingerprint density at radius 3 is 2.35 bits per heavy atom. The smallest absolute Gasteiger partial charge is 0.338 e. The summed E-state index contributed by atoms with van der Waals surface area (Å²) in [4.78, 5) is 26.2. The molecule has 0 aliphatic carbocycles. The quantitative estimate of drug-likeness (QED) is 0.342. The Balaban J connectivity index is 1.53. The second kappa shape index (κ2) is 13.1. The Labute approximate surface area is 219 Å². The van der Waals surface area contributed by atoms with E-state index >= 15 is 0 Å². The number of hydrogen-bond donors (Lipinski definition) is 1. The average Bonchev–Trinajstić information content (AvgIpc) is 3.17. The number of rotatable bonds is 11. The maximum atomic E-state index is 12.4. The highest BCUT2D eigenvalue weighted by Gasteiger charge is 2.29. The lowest BCUT2D eigenvalue weighted by Crippen LogP contribution is -2.27. The number of aliphatic hydroxyl groups is 1. The van der Waals surface area contributed by atoms with Crippen molar-refractivity contribution in [2.75, 3.05) is 37.2 Å². The van der Waals surface area contributed by atoms with Crippen molar-refractivity contribution >= 4 is 35.1 Å². The van der Waals surface area contributed by atoms with Gasteiger partial charge in [0, 0.05) is 31.8 Å². The van der Waals surface area contributed by atoms with Crippen molar-refractivity contribution in [2.24, 2.45) is 11.0 Å². The number of ether oxygens (including phenoxy) is 2. The molecule has 8 heteroatoms. The third-order valence-electron chi connectivity index (χ3n) is 6.17. The molecule has 37 heavy (non-hydrogen) atoms. The van der Waals surface area contributed by atoms with Crippen LogP contribution in [0.3, 0.4) is 0 Å². The summed E-state index contributed by atoms with van der Waals surface area (Å²) >= 11 is 0. The number of esters is 2. The molecule has 2 unspecified atom stereocenters. The maximum Gasteiger partial charge on any atom is 0.338 e. The standard InChI is InChI=1S/C29H37N3O5/c1-6-8-20(2)28(34)36-17-7-18-37-29(35)23-11-15-25(16-12-23)32-27(33)26(21(3)30-32)19-22-9-13-24(14-10-22)31(4)5/h9-16,19-20,27,33H,6-8,17-18H2,1-5H3/b26-19+. The zero-order chi connectivity index (χ0) is 26.9. The molecule has 8 nitrogen and oxygen atoms in total. The number of hydrazone groups is 1. The highest BCUT2D eigenvalue weighted by Crippen LogP contribution is 2.28. The van der Waals surface area contributed by atoms with Gasteiger partial charge in [-0.3, -0.25) is 4.79 Å². The van der Waals surface area contributed by atoms with Crippen LogP contribution in [0.15, 0.2) is 59.2 Å².